The number of amides is 2. The number of nitrogens with one attached hydrogen (secondary N) is 2. The quantitative estimate of drug-likeness (QED) is 0.724. The molecule has 1 heterocycles. The van der Waals surface area contributed by atoms with Crippen LogP contribution in [0.2, 0.25) is 0 Å². The number of hydrogen-bond acceptors (Lipinski definition) is 4. The van der Waals surface area contributed by atoms with Crippen LogP contribution in [0.3, 0.4) is 0 Å². The second kappa shape index (κ2) is 10.00. The molecule has 8 heteroatoms. The average molecular weight is 403 g/mol. The molecule has 2 atom stereocenters. The van der Waals surface area contributed by atoms with Gasteiger partial charge in [-0.15, -0.1) is 24.8 Å². The number of benzene rings is 1. The molecule has 3 rings (SSSR count). The predicted octanol–water partition coefficient (Wildman–Crippen LogP) is 2.56. The molecule has 6 nitrogen and oxygen atoms in total. The maximum Gasteiger partial charge on any atom is 0.251 e. The van der Waals surface area contributed by atoms with E-state index in [0.29, 0.717) is 36.7 Å². The lowest BCUT2D eigenvalue weighted by Gasteiger charge is -2.31. The fraction of sp³-hybridized carbons (Fsp3) is 0.556. The number of nitrogens with zero attached hydrogens (tertiary/aromatic N) is 1. The summed E-state index contributed by atoms with van der Waals surface area (Å²) < 4.78 is 0. The highest BCUT2D eigenvalue weighted by Crippen LogP contribution is 2.29. The van der Waals surface area contributed by atoms with Gasteiger partial charge >= 0.3 is 0 Å². The third kappa shape index (κ3) is 5.02. The van der Waals surface area contributed by atoms with Gasteiger partial charge in [0, 0.05) is 31.6 Å². The van der Waals surface area contributed by atoms with E-state index in [9.17, 15) is 9.59 Å². The molecule has 2 unspecified atom stereocenters. The van der Waals surface area contributed by atoms with E-state index < -0.39 is 0 Å². The van der Waals surface area contributed by atoms with Crippen molar-refractivity contribution >= 4 is 48.0 Å². The molecule has 0 saturated heterocycles. The van der Waals surface area contributed by atoms with Gasteiger partial charge in [0.25, 0.3) is 5.91 Å². The van der Waals surface area contributed by atoms with Crippen LogP contribution in [0, 0.1) is 5.92 Å². The lowest BCUT2D eigenvalue weighted by atomic mass is 9.84. The standard InChI is InChI=1S/C18H26N4O2.2ClH/c1-22-9-8-17(23)20-15-10-12(6-7-16(15)22)18(24)21-14-5-3-2-4-13(14)11-19;;/h6-7,10,13-14H,2-5,8-9,11,19H2,1H3,(H,20,23)(H,21,24);2*1H. The van der Waals surface area contributed by atoms with E-state index >= 15 is 0 Å². The first kappa shape index (κ1) is 22.5. The number of anilines is 2. The Morgan fingerprint density at radius 3 is 2.77 bits per heavy atom. The van der Waals surface area contributed by atoms with Gasteiger partial charge < -0.3 is 21.3 Å². The minimum atomic E-state index is -0.0932. The van der Waals surface area contributed by atoms with Crippen molar-refractivity contribution in [1.82, 2.24) is 5.32 Å². The first-order valence-corrected chi connectivity index (χ1v) is 8.74. The molecule has 1 saturated carbocycles. The zero-order valence-corrected chi connectivity index (χ0v) is 16.6. The molecule has 0 aromatic heterocycles. The van der Waals surface area contributed by atoms with Gasteiger partial charge in [0.2, 0.25) is 5.91 Å². The molecule has 1 aromatic carbocycles. The zero-order chi connectivity index (χ0) is 17.1. The highest BCUT2D eigenvalue weighted by atomic mass is 35.5. The first-order valence-electron chi connectivity index (χ1n) is 8.74. The van der Waals surface area contributed by atoms with Crippen molar-refractivity contribution in [1.29, 1.82) is 0 Å². The normalized spacial score (nSPS) is 22.1. The summed E-state index contributed by atoms with van der Waals surface area (Å²) in [5, 5.41) is 6.03. The number of carbonyl (C=O) groups is 2. The van der Waals surface area contributed by atoms with E-state index in [1.165, 1.54) is 6.42 Å². The molecule has 146 valence electrons. The van der Waals surface area contributed by atoms with E-state index in [-0.39, 0.29) is 42.7 Å². The van der Waals surface area contributed by atoms with Gasteiger partial charge in [-0.1, -0.05) is 12.8 Å². The van der Waals surface area contributed by atoms with Crippen molar-refractivity contribution in [3.05, 3.63) is 23.8 Å². The van der Waals surface area contributed by atoms with E-state index in [4.69, 9.17) is 5.73 Å². The first-order chi connectivity index (χ1) is 11.6. The van der Waals surface area contributed by atoms with Gasteiger partial charge in [0.05, 0.1) is 11.4 Å². The molecular formula is C18H28Cl2N4O2. The maximum atomic E-state index is 12.6. The molecular weight excluding hydrogens is 375 g/mol. The van der Waals surface area contributed by atoms with Crippen LogP contribution in [0.25, 0.3) is 0 Å². The Kier molecular flexibility index (Phi) is 8.67. The van der Waals surface area contributed by atoms with Crippen LogP contribution in [0.1, 0.15) is 42.5 Å². The van der Waals surface area contributed by atoms with Gasteiger partial charge in [-0.3, -0.25) is 9.59 Å². The van der Waals surface area contributed by atoms with Gasteiger partial charge in [0.1, 0.15) is 0 Å². The van der Waals surface area contributed by atoms with Crippen LogP contribution >= 0.6 is 24.8 Å². The lowest BCUT2D eigenvalue weighted by molar-refractivity contribution is -0.115. The summed E-state index contributed by atoms with van der Waals surface area (Å²) in [4.78, 5) is 26.5. The summed E-state index contributed by atoms with van der Waals surface area (Å²) >= 11 is 0. The summed E-state index contributed by atoms with van der Waals surface area (Å²) in [5.41, 5.74) is 8.06. The molecule has 4 N–H and O–H groups in total. The van der Waals surface area contributed by atoms with E-state index in [1.54, 1.807) is 6.07 Å². The summed E-state index contributed by atoms with van der Waals surface area (Å²) in [6.07, 6.45) is 4.83. The Hall–Kier alpha value is -1.50. The Morgan fingerprint density at radius 2 is 2.04 bits per heavy atom. The van der Waals surface area contributed by atoms with Crippen molar-refractivity contribution in [2.24, 2.45) is 11.7 Å². The summed E-state index contributed by atoms with van der Waals surface area (Å²) in [5.74, 6) is 0.243. The van der Waals surface area contributed by atoms with Crippen LogP contribution in [-0.4, -0.2) is 38.0 Å². The maximum absolute atomic E-state index is 12.6. The molecule has 1 aliphatic carbocycles. The number of hydrogen-bond donors (Lipinski definition) is 3. The Morgan fingerprint density at radius 1 is 1.31 bits per heavy atom. The highest BCUT2D eigenvalue weighted by Gasteiger charge is 2.26. The zero-order valence-electron chi connectivity index (χ0n) is 15.0. The van der Waals surface area contributed by atoms with Crippen LogP contribution in [-0.2, 0) is 4.79 Å². The fourth-order valence-electron chi connectivity index (χ4n) is 3.64. The Bertz CT molecular complexity index is 642. The van der Waals surface area contributed by atoms with Crippen molar-refractivity contribution in [3.8, 4) is 0 Å². The molecule has 26 heavy (non-hydrogen) atoms. The molecule has 1 fully saturated rings. The highest BCUT2D eigenvalue weighted by molar-refractivity contribution is 6.01. The van der Waals surface area contributed by atoms with Gasteiger partial charge in [0.15, 0.2) is 0 Å². The topological polar surface area (TPSA) is 87.5 Å². The van der Waals surface area contributed by atoms with Crippen molar-refractivity contribution in [2.75, 3.05) is 30.4 Å². The van der Waals surface area contributed by atoms with Crippen LogP contribution < -0.4 is 21.3 Å². The van der Waals surface area contributed by atoms with E-state index in [1.807, 2.05) is 24.1 Å². The van der Waals surface area contributed by atoms with Crippen molar-refractivity contribution in [3.63, 3.8) is 0 Å². The molecule has 2 aliphatic rings. The predicted molar refractivity (Wildman–Crippen MR) is 110 cm³/mol. The minimum Gasteiger partial charge on any atom is -0.372 e. The largest absolute Gasteiger partial charge is 0.372 e. The number of fused-ring (bicyclic) bond motifs is 1. The third-order valence-corrected chi connectivity index (χ3v) is 5.15. The summed E-state index contributed by atoms with van der Waals surface area (Å²) in [6.45, 7) is 1.28. The van der Waals surface area contributed by atoms with Crippen molar-refractivity contribution < 1.29 is 9.59 Å². The Balaban J connectivity index is 0.00000169. The fourth-order valence-corrected chi connectivity index (χ4v) is 3.64. The molecule has 0 bridgehead atoms. The van der Waals surface area contributed by atoms with Crippen molar-refractivity contribution in [2.45, 2.75) is 38.1 Å². The monoisotopic (exact) mass is 402 g/mol. The van der Waals surface area contributed by atoms with Gasteiger partial charge in [-0.2, -0.15) is 0 Å². The molecule has 0 radical (unpaired) electrons. The summed E-state index contributed by atoms with van der Waals surface area (Å²) in [6, 6.07) is 5.64. The average Bonchev–Trinajstić information content (AvgIpc) is 2.73. The number of nitrogens with two attached hydrogens (primary N) is 1. The van der Waals surface area contributed by atoms with Crippen LogP contribution in [0.15, 0.2) is 18.2 Å². The SMILES string of the molecule is CN1CCC(=O)Nc2cc(C(=O)NC3CCCCC3CN)ccc21.Cl.Cl. The summed E-state index contributed by atoms with van der Waals surface area (Å²) in [7, 11) is 1.95. The van der Waals surface area contributed by atoms with E-state index in [2.05, 4.69) is 10.6 Å². The molecule has 1 aromatic rings. The second-order valence-electron chi connectivity index (χ2n) is 6.81. The Labute approximate surface area is 167 Å². The number of rotatable bonds is 3. The smallest absolute Gasteiger partial charge is 0.251 e. The second-order valence-corrected chi connectivity index (χ2v) is 6.81. The number of halogens is 2. The molecule has 1 aliphatic heterocycles. The minimum absolute atomic E-state index is 0. The van der Waals surface area contributed by atoms with E-state index in [0.717, 1.165) is 24.9 Å². The molecule has 0 spiro atoms. The van der Waals surface area contributed by atoms with Crippen LogP contribution in [0.5, 0.6) is 0 Å². The molecule has 2 amide bonds. The third-order valence-electron chi connectivity index (χ3n) is 5.15. The lowest BCUT2D eigenvalue weighted by Crippen LogP contribution is -2.44. The van der Waals surface area contributed by atoms with Gasteiger partial charge in [-0.25, -0.2) is 0 Å². The van der Waals surface area contributed by atoms with Gasteiger partial charge in [-0.05, 0) is 43.5 Å². The number of carbonyl (C=O) groups excluding carboxylic acids is 2. The van der Waals surface area contributed by atoms with Crippen LogP contribution in [0.4, 0.5) is 11.4 Å².